The van der Waals surface area contributed by atoms with Crippen LogP contribution in [0, 0.1) is 28.6 Å². The summed E-state index contributed by atoms with van der Waals surface area (Å²) in [5, 5.41) is 11.8. The Labute approximate surface area is 206 Å². The molecule has 0 aromatic carbocycles. The predicted molar refractivity (Wildman–Crippen MR) is 136 cm³/mol. The molecule has 2 heterocycles. The number of piperidine rings is 1. The van der Waals surface area contributed by atoms with Crippen molar-refractivity contribution in [3.8, 4) is 0 Å². The number of aliphatic hydroxyl groups is 1. The summed E-state index contributed by atoms with van der Waals surface area (Å²) >= 11 is 0. The number of β-amino-alcohol motifs (C(OH)–C–C–N with tert-alkyl or cyclic N) is 1. The third kappa shape index (κ3) is 5.15. The number of rotatable bonds is 6. The number of hydrogen-bond acceptors (Lipinski definition) is 3. The standard InChI is InChI=1S/C29H46N2O3/c1-22(17-23-11-7-5-8-12-23)26(33)30-16-15-29(34,27(2,3)20-30)21-31-19-24(18-25(31)32)28(4)13-9-6-10-14-28/h6,9-10,13,22-24,34H,5,7-8,11-12,14-21H2,1-4H3/t22-,24+,28?,29?/m1/s1. The molecule has 3 fully saturated rings. The average molecular weight is 471 g/mol. The van der Waals surface area contributed by atoms with Gasteiger partial charge in [0.05, 0.1) is 12.1 Å². The normalized spacial score (nSPS) is 35.1. The Morgan fingerprint density at radius 1 is 1.18 bits per heavy atom. The molecule has 0 aromatic heterocycles. The first-order chi connectivity index (χ1) is 16.0. The van der Waals surface area contributed by atoms with Crippen molar-refractivity contribution in [2.24, 2.45) is 28.6 Å². The highest BCUT2D eigenvalue weighted by molar-refractivity contribution is 5.79. The molecule has 2 aliphatic heterocycles. The summed E-state index contributed by atoms with van der Waals surface area (Å²) in [6.07, 6.45) is 18.1. The van der Waals surface area contributed by atoms with E-state index in [2.05, 4.69) is 52.0 Å². The van der Waals surface area contributed by atoms with Crippen LogP contribution in [0.25, 0.3) is 0 Å². The zero-order valence-electron chi connectivity index (χ0n) is 21.9. The van der Waals surface area contributed by atoms with E-state index in [-0.39, 0.29) is 29.1 Å². The van der Waals surface area contributed by atoms with Gasteiger partial charge in [0.1, 0.15) is 0 Å². The molecule has 2 saturated heterocycles. The third-order valence-electron chi connectivity index (χ3n) is 9.67. The summed E-state index contributed by atoms with van der Waals surface area (Å²) in [4.78, 5) is 30.1. The van der Waals surface area contributed by atoms with Crippen molar-refractivity contribution in [2.45, 2.75) is 91.1 Å². The van der Waals surface area contributed by atoms with Gasteiger partial charge in [-0.25, -0.2) is 0 Å². The van der Waals surface area contributed by atoms with Crippen molar-refractivity contribution < 1.29 is 14.7 Å². The van der Waals surface area contributed by atoms with Gasteiger partial charge in [-0.15, -0.1) is 0 Å². The van der Waals surface area contributed by atoms with Crippen LogP contribution in [-0.2, 0) is 9.59 Å². The lowest BCUT2D eigenvalue weighted by Crippen LogP contribution is -2.63. The van der Waals surface area contributed by atoms with Gasteiger partial charge in [0, 0.05) is 37.4 Å². The molecule has 0 aromatic rings. The lowest BCUT2D eigenvalue weighted by Gasteiger charge is -2.52. The third-order valence-corrected chi connectivity index (χ3v) is 9.67. The highest BCUT2D eigenvalue weighted by Gasteiger charge is 2.52. The SMILES string of the molecule is C[C@H](CC1CCCCC1)C(=O)N1CCC(O)(CN2C[C@@H](C3(C)C=CC=CC3)CC2=O)C(C)(C)C1. The molecule has 4 atom stereocenters. The van der Waals surface area contributed by atoms with E-state index in [4.69, 9.17) is 0 Å². The smallest absolute Gasteiger partial charge is 0.225 e. The number of likely N-dealkylation sites (tertiary alicyclic amines) is 2. The van der Waals surface area contributed by atoms with Crippen LogP contribution < -0.4 is 0 Å². The van der Waals surface area contributed by atoms with Crippen molar-refractivity contribution >= 4 is 11.8 Å². The van der Waals surface area contributed by atoms with Crippen molar-refractivity contribution in [1.29, 1.82) is 0 Å². The molecule has 34 heavy (non-hydrogen) atoms. The number of hydrogen-bond donors (Lipinski definition) is 1. The Kier molecular flexibility index (Phi) is 7.34. The van der Waals surface area contributed by atoms with E-state index in [1.807, 2.05) is 9.80 Å². The van der Waals surface area contributed by atoms with E-state index in [1.165, 1.54) is 32.1 Å². The summed E-state index contributed by atoms with van der Waals surface area (Å²) in [7, 11) is 0. The number of allylic oxidation sites excluding steroid dienone is 4. The molecule has 2 amide bonds. The van der Waals surface area contributed by atoms with Crippen LogP contribution in [0.1, 0.15) is 85.5 Å². The van der Waals surface area contributed by atoms with E-state index in [0.29, 0.717) is 44.9 Å². The zero-order valence-corrected chi connectivity index (χ0v) is 21.9. The fourth-order valence-electron chi connectivity index (χ4n) is 6.91. The van der Waals surface area contributed by atoms with E-state index < -0.39 is 11.0 Å². The minimum Gasteiger partial charge on any atom is -0.387 e. The average Bonchev–Trinajstić information content (AvgIpc) is 3.17. The monoisotopic (exact) mass is 470 g/mol. The van der Waals surface area contributed by atoms with Gasteiger partial charge >= 0.3 is 0 Å². The van der Waals surface area contributed by atoms with Crippen LogP contribution in [-0.4, -0.2) is 58.5 Å². The molecule has 0 spiro atoms. The van der Waals surface area contributed by atoms with Gasteiger partial charge in [-0.2, -0.15) is 0 Å². The van der Waals surface area contributed by atoms with Gasteiger partial charge in [0.2, 0.25) is 11.8 Å². The zero-order chi connectivity index (χ0) is 24.6. The quantitative estimate of drug-likeness (QED) is 0.597. The number of amides is 2. The van der Waals surface area contributed by atoms with Crippen LogP contribution in [0.4, 0.5) is 0 Å². The lowest BCUT2D eigenvalue weighted by atomic mass is 9.69. The first-order valence-corrected chi connectivity index (χ1v) is 13.7. The Hall–Kier alpha value is -1.62. The van der Waals surface area contributed by atoms with Gasteiger partial charge in [-0.1, -0.05) is 84.1 Å². The molecular weight excluding hydrogens is 424 g/mol. The lowest BCUT2D eigenvalue weighted by molar-refractivity contribution is -0.161. The van der Waals surface area contributed by atoms with E-state index in [0.717, 1.165) is 12.8 Å². The molecule has 5 heteroatoms. The summed E-state index contributed by atoms with van der Waals surface area (Å²) in [5.41, 5.74) is -1.45. The van der Waals surface area contributed by atoms with Gasteiger partial charge in [0.15, 0.2) is 0 Å². The molecule has 190 valence electrons. The molecule has 2 aliphatic carbocycles. The maximum Gasteiger partial charge on any atom is 0.225 e. The summed E-state index contributed by atoms with van der Waals surface area (Å²) in [6, 6.07) is 0. The van der Waals surface area contributed by atoms with Gasteiger partial charge < -0.3 is 14.9 Å². The maximum absolute atomic E-state index is 13.3. The molecular formula is C29H46N2O3. The van der Waals surface area contributed by atoms with Crippen molar-refractivity contribution in [3.63, 3.8) is 0 Å². The molecule has 0 radical (unpaired) electrons. The van der Waals surface area contributed by atoms with Gasteiger partial charge in [-0.3, -0.25) is 9.59 Å². The number of carbonyl (C=O) groups excluding carboxylic acids is 2. The molecule has 1 N–H and O–H groups in total. The highest BCUT2D eigenvalue weighted by atomic mass is 16.3. The van der Waals surface area contributed by atoms with Crippen LogP contribution in [0.15, 0.2) is 24.3 Å². The molecule has 4 rings (SSSR count). The predicted octanol–water partition coefficient (Wildman–Crippen LogP) is 4.95. The van der Waals surface area contributed by atoms with Crippen LogP contribution in [0.2, 0.25) is 0 Å². The van der Waals surface area contributed by atoms with Crippen LogP contribution in [0.3, 0.4) is 0 Å². The summed E-state index contributed by atoms with van der Waals surface area (Å²) in [5.74, 6) is 1.40. The van der Waals surface area contributed by atoms with Crippen molar-refractivity contribution in [3.05, 3.63) is 24.3 Å². The van der Waals surface area contributed by atoms with Crippen molar-refractivity contribution in [2.75, 3.05) is 26.2 Å². The molecule has 5 nitrogen and oxygen atoms in total. The molecule has 4 aliphatic rings. The van der Waals surface area contributed by atoms with E-state index in [1.54, 1.807) is 0 Å². The largest absolute Gasteiger partial charge is 0.387 e. The molecule has 2 unspecified atom stereocenters. The van der Waals surface area contributed by atoms with Gasteiger partial charge in [-0.05, 0) is 36.5 Å². The summed E-state index contributed by atoms with van der Waals surface area (Å²) in [6.45, 7) is 10.6. The number of nitrogens with zero attached hydrogens (tertiary/aromatic N) is 2. The molecule has 0 bridgehead atoms. The first kappa shape index (κ1) is 25.5. The second-order valence-electron chi connectivity index (χ2n) is 12.7. The highest BCUT2D eigenvalue weighted by Crippen LogP contribution is 2.44. The fraction of sp³-hybridized carbons (Fsp3) is 0.793. The molecule has 1 saturated carbocycles. The van der Waals surface area contributed by atoms with Crippen molar-refractivity contribution in [1.82, 2.24) is 9.80 Å². The maximum atomic E-state index is 13.3. The Morgan fingerprint density at radius 2 is 1.91 bits per heavy atom. The Bertz CT molecular complexity index is 827. The Balaban J connectivity index is 1.36. The minimum atomic E-state index is -0.982. The second-order valence-corrected chi connectivity index (χ2v) is 12.7. The second kappa shape index (κ2) is 9.79. The summed E-state index contributed by atoms with van der Waals surface area (Å²) < 4.78 is 0. The van der Waals surface area contributed by atoms with E-state index >= 15 is 0 Å². The minimum absolute atomic E-state index is 0.00154. The van der Waals surface area contributed by atoms with Gasteiger partial charge in [0.25, 0.3) is 0 Å². The topological polar surface area (TPSA) is 60.9 Å². The van der Waals surface area contributed by atoms with Crippen LogP contribution >= 0.6 is 0 Å². The van der Waals surface area contributed by atoms with Crippen LogP contribution in [0.5, 0.6) is 0 Å². The fourth-order valence-corrected chi connectivity index (χ4v) is 6.91. The Morgan fingerprint density at radius 3 is 2.56 bits per heavy atom. The van der Waals surface area contributed by atoms with E-state index in [9.17, 15) is 14.7 Å². The number of carbonyl (C=O) groups is 2. The first-order valence-electron chi connectivity index (χ1n) is 13.7.